The van der Waals surface area contributed by atoms with Crippen LogP contribution in [0.4, 0.5) is 0 Å². The first-order valence-electron chi connectivity index (χ1n) is 7.58. The van der Waals surface area contributed by atoms with E-state index in [2.05, 4.69) is 4.72 Å². The van der Waals surface area contributed by atoms with Crippen molar-refractivity contribution in [2.75, 3.05) is 6.54 Å². The number of thiophene rings is 1. The number of aromatic carboxylic acids is 1. The van der Waals surface area contributed by atoms with Crippen molar-refractivity contribution in [2.24, 2.45) is 0 Å². The molecule has 0 saturated carbocycles. The third kappa shape index (κ3) is 3.46. The van der Waals surface area contributed by atoms with E-state index >= 15 is 0 Å². The van der Waals surface area contributed by atoms with Crippen molar-refractivity contribution >= 4 is 38.3 Å². The second-order valence-corrected chi connectivity index (χ2v) is 8.46. The van der Waals surface area contributed by atoms with Gasteiger partial charge in [0, 0.05) is 22.4 Å². The molecule has 0 spiro atoms. The van der Waals surface area contributed by atoms with Crippen LogP contribution in [0.15, 0.2) is 39.0 Å². The summed E-state index contributed by atoms with van der Waals surface area (Å²) >= 11 is 1.60. The molecule has 0 atom stereocenters. The first-order chi connectivity index (χ1) is 11.8. The molecule has 6 nitrogen and oxygen atoms in total. The van der Waals surface area contributed by atoms with Gasteiger partial charge in [0.15, 0.2) is 0 Å². The summed E-state index contributed by atoms with van der Waals surface area (Å²) < 4.78 is 32.8. The fraction of sp³-hybridized carbons (Fsp3) is 0.235. The molecule has 2 heterocycles. The molecular formula is C17H17NO5S2. The minimum Gasteiger partial charge on any atom is -0.475 e. The van der Waals surface area contributed by atoms with Crippen molar-refractivity contribution in [1.29, 1.82) is 0 Å². The fourth-order valence-corrected chi connectivity index (χ4v) is 4.58. The maximum absolute atomic E-state index is 12.5. The van der Waals surface area contributed by atoms with Crippen LogP contribution in [-0.2, 0) is 16.4 Å². The Hall–Kier alpha value is -2.16. The highest BCUT2D eigenvalue weighted by atomic mass is 32.2. The Balaban J connectivity index is 1.83. The lowest BCUT2D eigenvalue weighted by Crippen LogP contribution is -2.25. The van der Waals surface area contributed by atoms with Crippen LogP contribution in [0.2, 0.25) is 0 Å². The molecule has 25 heavy (non-hydrogen) atoms. The zero-order chi connectivity index (χ0) is 18.2. The molecule has 0 aliphatic heterocycles. The van der Waals surface area contributed by atoms with E-state index in [9.17, 15) is 13.2 Å². The number of benzene rings is 1. The molecule has 3 aromatic rings. The maximum Gasteiger partial charge on any atom is 0.372 e. The number of hydrogen-bond acceptors (Lipinski definition) is 5. The first-order valence-corrected chi connectivity index (χ1v) is 9.95. The largest absolute Gasteiger partial charge is 0.475 e. The molecule has 1 aromatic carbocycles. The lowest BCUT2D eigenvalue weighted by Gasteiger charge is -2.07. The normalized spacial score (nSPS) is 11.9. The quantitative estimate of drug-likeness (QED) is 0.685. The van der Waals surface area contributed by atoms with E-state index in [4.69, 9.17) is 9.52 Å². The topological polar surface area (TPSA) is 96.6 Å². The number of furan rings is 1. The van der Waals surface area contributed by atoms with Crippen LogP contribution in [0.25, 0.3) is 11.0 Å². The van der Waals surface area contributed by atoms with Crippen LogP contribution in [-0.4, -0.2) is 26.0 Å². The fourth-order valence-electron chi connectivity index (χ4n) is 2.61. The molecule has 0 fully saturated rings. The van der Waals surface area contributed by atoms with Crippen LogP contribution >= 0.6 is 11.3 Å². The van der Waals surface area contributed by atoms with Crippen molar-refractivity contribution in [3.05, 3.63) is 51.4 Å². The van der Waals surface area contributed by atoms with Gasteiger partial charge in [-0.25, -0.2) is 17.9 Å². The highest BCUT2D eigenvalue weighted by molar-refractivity contribution is 7.89. The highest BCUT2D eigenvalue weighted by Gasteiger charge is 2.20. The molecule has 0 saturated heterocycles. The average molecular weight is 379 g/mol. The zero-order valence-electron chi connectivity index (χ0n) is 13.7. The molecular weight excluding hydrogens is 362 g/mol. The van der Waals surface area contributed by atoms with Crippen molar-refractivity contribution in [1.82, 2.24) is 4.72 Å². The van der Waals surface area contributed by atoms with E-state index in [1.165, 1.54) is 18.2 Å². The number of rotatable bonds is 6. The van der Waals surface area contributed by atoms with Crippen molar-refractivity contribution < 1.29 is 22.7 Å². The van der Waals surface area contributed by atoms with E-state index in [1.54, 1.807) is 18.3 Å². The number of carboxylic acid groups (broad SMARTS) is 1. The van der Waals surface area contributed by atoms with Crippen LogP contribution in [0.3, 0.4) is 0 Å². The molecule has 2 N–H and O–H groups in total. The predicted octanol–water partition coefficient (Wildman–Crippen LogP) is 3.33. The molecule has 8 heteroatoms. The summed E-state index contributed by atoms with van der Waals surface area (Å²) in [5.41, 5.74) is 1.91. The minimum atomic E-state index is -3.68. The molecule has 0 amide bonds. The number of sulfonamides is 1. The van der Waals surface area contributed by atoms with Gasteiger partial charge in [-0.05, 0) is 55.5 Å². The van der Waals surface area contributed by atoms with Crippen molar-refractivity contribution in [3.8, 4) is 0 Å². The Kier molecular flexibility index (Phi) is 4.68. The summed E-state index contributed by atoms with van der Waals surface area (Å²) in [5.74, 6) is -1.35. The lowest BCUT2D eigenvalue weighted by molar-refractivity contribution is 0.0664. The maximum atomic E-state index is 12.5. The van der Waals surface area contributed by atoms with Gasteiger partial charge in [-0.3, -0.25) is 0 Å². The molecule has 0 bridgehead atoms. The third-order valence-electron chi connectivity index (χ3n) is 4.02. The number of carboxylic acids is 1. The Bertz CT molecular complexity index is 1050. The van der Waals surface area contributed by atoms with E-state index in [-0.39, 0.29) is 10.7 Å². The smallest absolute Gasteiger partial charge is 0.372 e. The van der Waals surface area contributed by atoms with Gasteiger partial charge in [-0.15, -0.1) is 11.3 Å². The monoisotopic (exact) mass is 379 g/mol. The lowest BCUT2D eigenvalue weighted by atomic mass is 10.1. The van der Waals surface area contributed by atoms with E-state index < -0.39 is 16.0 Å². The summed E-state index contributed by atoms with van der Waals surface area (Å²) in [4.78, 5) is 12.4. The SMILES string of the molecule is Cc1ccsc1CCNS(=O)(=O)c1ccc2oc(C(=O)O)c(C)c2c1. The van der Waals surface area contributed by atoms with Crippen LogP contribution in [0.5, 0.6) is 0 Å². The van der Waals surface area contributed by atoms with Gasteiger partial charge in [0.25, 0.3) is 0 Å². The first kappa shape index (κ1) is 17.7. The molecule has 0 unspecified atom stereocenters. The molecule has 0 aliphatic rings. The summed E-state index contributed by atoms with van der Waals surface area (Å²) in [6.07, 6.45) is 0.624. The van der Waals surface area contributed by atoms with E-state index in [0.29, 0.717) is 29.5 Å². The van der Waals surface area contributed by atoms with Gasteiger partial charge < -0.3 is 9.52 Å². The summed E-state index contributed by atoms with van der Waals surface area (Å²) in [6.45, 7) is 3.89. The predicted molar refractivity (Wildman–Crippen MR) is 95.9 cm³/mol. The van der Waals surface area contributed by atoms with E-state index in [1.807, 2.05) is 18.4 Å². The number of hydrogen-bond donors (Lipinski definition) is 2. The average Bonchev–Trinajstić information content (AvgIpc) is 3.11. The molecule has 132 valence electrons. The van der Waals surface area contributed by atoms with E-state index in [0.717, 1.165) is 10.4 Å². The van der Waals surface area contributed by atoms with Gasteiger partial charge in [-0.2, -0.15) is 0 Å². The number of fused-ring (bicyclic) bond motifs is 1. The molecule has 3 rings (SSSR count). The number of nitrogens with one attached hydrogen (secondary N) is 1. The molecule has 0 aliphatic carbocycles. The number of carbonyl (C=O) groups is 1. The summed E-state index contributed by atoms with van der Waals surface area (Å²) in [6, 6.07) is 6.34. The van der Waals surface area contributed by atoms with Crippen LogP contribution in [0, 0.1) is 13.8 Å². The van der Waals surface area contributed by atoms with Crippen molar-refractivity contribution in [3.63, 3.8) is 0 Å². The second kappa shape index (κ2) is 6.62. The Morgan fingerprint density at radius 2 is 2.04 bits per heavy atom. The summed E-state index contributed by atoms with van der Waals surface area (Å²) in [7, 11) is -3.68. The minimum absolute atomic E-state index is 0.0868. The second-order valence-electron chi connectivity index (χ2n) is 5.69. The van der Waals surface area contributed by atoms with Gasteiger partial charge in [0.2, 0.25) is 15.8 Å². The standard InChI is InChI=1S/C17H17NO5S2/c1-10-6-8-24-15(10)5-7-18-25(21,22)12-3-4-14-13(9-12)11(2)16(23-14)17(19)20/h3-4,6,8-9,18H,5,7H2,1-2H3,(H,19,20). The van der Waals surface area contributed by atoms with Gasteiger partial charge in [-0.1, -0.05) is 0 Å². The summed E-state index contributed by atoms with van der Waals surface area (Å²) in [5, 5.41) is 11.6. The number of aryl methyl sites for hydroxylation is 2. The Labute approximate surface area is 149 Å². The van der Waals surface area contributed by atoms with Gasteiger partial charge in [0.1, 0.15) is 5.58 Å². The third-order valence-corrected chi connectivity index (χ3v) is 6.57. The van der Waals surface area contributed by atoms with Crippen LogP contribution < -0.4 is 4.72 Å². The van der Waals surface area contributed by atoms with Gasteiger partial charge in [0.05, 0.1) is 4.90 Å². The van der Waals surface area contributed by atoms with Crippen LogP contribution in [0.1, 0.15) is 26.6 Å². The Morgan fingerprint density at radius 1 is 1.28 bits per heavy atom. The molecule has 2 aromatic heterocycles. The van der Waals surface area contributed by atoms with Gasteiger partial charge >= 0.3 is 5.97 Å². The Morgan fingerprint density at radius 3 is 2.68 bits per heavy atom. The zero-order valence-corrected chi connectivity index (χ0v) is 15.3. The highest BCUT2D eigenvalue weighted by Crippen LogP contribution is 2.27. The van der Waals surface area contributed by atoms with Crippen molar-refractivity contribution in [2.45, 2.75) is 25.2 Å². The molecule has 0 radical (unpaired) electrons.